The van der Waals surface area contributed by atoms with Gasteiger partial charge in [0.15, 0.2) is 0 Å². The van der Waals surface area contributed by atoms with Gasteiger partial charge in [0.05, 0.1) is 82.2 Å². The van der Waals surface area contributed by atoms with Gasteiger partial charge in [-0.25, -0.2) is 19.2 Å². The van der Waals surface area contributed by atoms with Gasteiger partial charge in [-0.3, -0.25) is 19.6 Å². The van der Waals surface area contributed by atoms with E-state index in [1.54, 1.807) is 62.4 Å². The Morgan fingerprint density at radius 2 is 0.841 bits per heavy atom. The lowest BCUT2D eigenvalue weighted by molar-refractivity contribution is -0.140. The molecule has 2 fully saturated rings. The van der Waals surface area contributed by atoms with E-state index in [0.717, 1.165) is 99.5 Å². The van der Waals surface area contributed by atoms with Crippen LogP contribution in [0.15, 0.2) is 120 Å². The molecule has 4 amide bonds. The summed E-state index contributed by atoms with van der Waals surface area (Å²) in [5, 5.41) is 19.0. The Bertz CT molecular complexity index is 2900. The number of amides is 4. The Labute approximate surface area is 473 Å². The molecular formula is C60H66F6N10O6. The molecule has 22 heteroatoms. The first-order chi connectivity index (χ1) is 39.3. The van der Waals surface area contributed by atoms with Crippen LogP contribution >= 0.6 is 0 Å². The number of alkyl halides is 6. The van der Waals surface area contributed by atoms with Crippen molar-refractivity contribution in [1.82, 2.24) is 29.4 Å². The molecule has 4 aromatic carbocycles. The Hall–Kier alpha value is -7.76. The molecule has 4 aromatic rings. The zero-order valence-electron chi connectivity index (χ0n) is 46.3. The summed E-state index contributed by atoms with van der Waals surface area (Å²) < 4.78 is 94.7. The number of urea groups is 2. The van der Waals surface area contributed by atoms with Crippen molar-refractivity contribution in [2.75, 3.05) is 115 Å². The number of hydrogen-bond donors (Lipinski definition) is 0. The Morgan fingerprint density at radius 3 is 1.15 bits per heavy atom. The first-order valence-electron chi connectivity index (χ1n) is 27.5. The zero-order chi connectivity index (χ0) is 58.9. The summed E-state index contributed by atoms with van der Waals surface area (Å²) in [4.78, 5) is 71.6. The van der Waals surface area contributed by atoms with Gasteiger partial charge in [-0.1, -0.05) is 36.4 Å². The maximum absolute atomic E-state index is 14.6. The number of esters is 2. The molecule has 2 unspecified atom stereocenters. The predicted molar refractivity (Wildman–Crippen MR) is 294 cm³/mol. The van der Waals surface area contributed by atoms with Gasteiger partial charge in [0.25, 0.3) is 0 Å². The fraction of sp³-hybridized carbons (Fsp3) is 0.433. The topological polar surface area (TPSA) is 160 Å². The first-order valence-corrected chi connectivity index (χ1v) is 27.5. The fourth-order valence-electron chi connectivity index (χ4n) is 11.2. The van der Waals surface area contributed by atoms with Gasteiger partial charge in [-0.05, 0) is 125 Å². The molecule has 4 aliphatic rings. The van der Waals surface area contributed by atoms with Crippen LogP contribution in [0.2, 0.25) is 0 Å². The number of rotatable bonds is 19. The van der Waals surface area contributed by atoms with Crippen molar-refractivity contribution >= 4 is 35.4 Å². The molecule has 2 saturated heterocycles. The highest BCUT2D eigenvalue weighted by molar-refractivity contribution is 6.04. The van der Waals surface area contributed by atoms with Crippen LogP contribution in [0.1, 0.15) is 86.0 Å². The van der Waals surface area contributed by atoms with E-state index in [1.807, 2.05) is 0 Å². The maximum atomic E-state index is 14.6. The predicted octanol–water partition coefficient (Wildman–Crippen LogP) is 9.82. The van der Waals surface area contributed by atoms with E-state index in [1.165, 1.54) is 47.9 Å². The number of benzene rings is 4. The lowest BCUT2D eigenvalue weighted by Gasteiger charge is -2.43. The second-order valence-electron chi connectivity index (χ2n) is 20.5. The van der Waals surface area contributed by atoms with Gasteiger partial charge in [-0.15, -0.1) is 0 Å². The van der Waals surface area contributed by atoms with Crippen molar-refractivity contribution in [1.29, 1.82) is 10.5 Å². The molecule has 0 bridgehead atoms. The van der Waals surface area contributed by atoms with Gasteiger partial charge >= 0.3 is 36.4 Å². The second kappa shape index (κ2) is 26.4. The normalized spacial score (nSPS) is 19.2. The molecule has 0 aromatic heterocycles. The number of ether oxygens (including phenoxy) is 2. The molecule has 434 valence electrons. The third kappa shape index (κ3) is 13.8. The average Bonchev–Trinajstić information content (AvgIpc) is 3.66. The van der Waals surface area contributed by atoms with E-state index in [2.05, 4.69) is 31.7 Å². The van der Waals surface area contributed by atoms with Crippen LogP contribution in [0.5, 0.6) is 0 Å². The molecular weight excluding hydrogens is 1070 g/mol. The lowest BCUT2D eigenvalue weighted by Crippen LogP contribution is -2.53. The number of carbonyl (C=O) groups is 4. The summed E-state index contributed by atoms with van der Waals surface area (Å²) in [5.41, 5.74) is 0.345. The molecule has 0 N–H and O–H groups in total. The molecule has 2 atom stereocenters. The highest BCUT2D eigenvalue weighted by atomic mass is 19.4. The number of allylic oxidation sites excluding steroid dienone is 2. The van der Waals surface area contributed by atoms with E-state index >= 15 is 0 Å². The highest BCUT2D eigenvalue weighted by Crippen LogP contribution is 2.44. The Balaban J connectivity index is 0.859. The van der Waals surface area contributed by atoms with Gasteiger partial charge in [0.2, 0.25) is 0 Å². The Kier molecular flexibility index (Phi) is 19.5. The van der Waals surface area contributed by atoms with Crippen molar-refractivity contribution < 1.29 is 55.0 Å². The van der Waals surface area contributed by atoms with Crippen molar-refractivity contribution in [2.24, 2.45) is 0 Å². The average molecular weight is 1140 g/mol. The third-order valence-corrected chi connectivity index (χ3v) is 15.5. The van der Waals surface area contributed by atoms with Crippen LogP contribution < -0.4 is 9.80 Å². The largest absolute Gasteiger partial charge is 0.463 e. The zero-order valence-corrected chi connectivity index (χ0v) is 46.3. The van der Waals surface area contributed by atoms with E-state index < -0.39 is 59.6 Å². The monoisotopic (exact) mass is 1140 g/mol. The van der Waals surface area contributed by atoms with Gasteiger partial charge in [-0.2, -0.15) is 36.9 Å². The molecule has 0 spiro atoms. The van der Waals surface area contributed by atoms with Crippen molar-refractivity contribution in [3.8, 4) is 12.1 Å². The quantitative estimate of drug-likeness (QED) is 0.0647. The van der Waals surface area contributed by atoms with Crippen LogP contribution in [0.25, 0.3) is 0 Å². The summed E-state index contributed by atoms with van der Waals surface area (Å²) >= 11 is 0. The summed E-state index contributed by atoms with van der Waals surface area (Å²) in [6.07, 6.45) is -8.38. The molecule has 82 heavy (non-hydrogen) atoms. The standard InChI is InChI=1S/C60H66F6N10O6/c1-5-81-55(77)51-41(3)75(49-13-7-11-47(37-49)59(61,62)63)57(79)73(53(51)45-19-15-43(39-67)16-20-45)25-9-23-69-27-31-71(32-28-69)35-36-72-33-29-70(30-34-72)24-10-26-74-54(46-21-17-44(40-68)18-22-46)52(56(78)82-6-2)42(4)76(58(74)80)50-14-8-12-48(38-50)60(64,65)66/h7-8,11-22,37-38,53-54H,5-6,9-10,23-36H2,1-4H3. The van der Waals surface area contributed by atoms with Crippen LogP contribution in [-0.2, 0) is 31.4 Å². The molecule has 4 heterocycles. The Morgan fingerprint density at radius 1 is 0.512 bits per heavy atom. The highest BCUT2D eigenvalue weighted by Gasteiger charge is 2.45. The number of nitrogens with zero attached hydrogens (tertiary/aromatic N) is 10. The van der Waals surface area contributed by atoms with E-state index in [4.69, 9.17) is 9.47 Å². The number of halogens is 6. The number of carbonyl (C=O) groups excluding carboxylic acids is 4. The molecule has 16 nitrogen and oxygen atoms in total. The molecule has 0 aliphatic carbocycles. The van der Waals surface area contributed by atoms with Crippen LogP contribution in [0, 0.1) is 22.7 Å². The van der Waals surface area contributed by atoms with Crippen molar-refractivity contribution in [3.63, 3.8) is 0 Å². The van der Waals surface area contributed by atoms with Crippen LogP contribution in [0.3, 0.4) is 0 Å². The number of hydrogen-bond acceptors (Lipinski definition) is 12. The summed E-state index contributed by atoms with van der Waals surface area (Å²) in [6.45, 7) is 15.9. The van der Waals surface area contributed by atoms with Crippen LogP contribution in [-0.4, -0.2) is 158 Å². The van der Waals surface area contributed by atoms with Gasteiger partial charge in [0, 0.05) is 89.9 Å². The summed E-state index contributed by atoms with van der Waals surface area (Å²) in [6, 6.07) is 23.0. The SMILES string of the molecule is CCOC(=O)C1=C(C)N(c2cccc(C(F)(F)F)c2)C(=O)N(CCCN2CCN(CCN3CCN(CCCN4C(=O)N(c5cccc(C(F)(F)F)c5)C(C)=C(C(=O)OCC)C4c4ccc(C#N)cc4)CC3)CC2)C1c1ccc(C#N)cc1. The minimum atomic E-state index is -4.68. The third-order valence-electron chi connectivity index (χ3n) is 15.5. The lowest BCUT2D eigenvalue weighted by atomic mass is 9.92. The number of nitriles is 2. The fourth-order valence-corrected chi connectivity index (χ4v) is 11.2. The smallest absolute Gasteiger partial charge is 0.416 e. The summed E-state index contributed by atoms with van der Waals surface area (Å²) in [7, 11) is 0. The molecule has 0 radical (unpaired) electrons. The molecule has 8 rings (SSSR count). The van der Waals surface area contributed by atoms with Gasteiger partial charge in [0.1, 0.15) is 0 Å². The maximum Gasteiger partial charge on any atom is 0.416 e. The number of piperazine rings is 2. The molecule has 0 saturated carbocycles. The summed E-state index contributed by atoms with van der Waals surface area (Å²) in [5.74, 6) is -1.42. The van der Waals surface area contributed by atoms with Crippen molar-refractivity contribution in [3.05, 3.63) is 153 Å². The first kappa shape index (κ1) is 60.3. The number of anilines is 2. The van der Waals surface area contributed by atoms with Crippen molar-refractivity contribution in [2.45, 2.75) is 65.0 Å². The van der Waals surface area contributed by atoms with Gasteiger partial charge < -0.3 is 29.1 Å². The van der Waals surface area contributed by atoms with E-state index in [-0.39, 0.29) is 60.2 Å². The van der Waals surface area contributed by atoms with E-state index in [9.17, 15) is 56.0 Å². The van der Waals surface area contributed by atoms with Crippen LogP contribution in [0.4, 0.5) is 47.3 Å². The minimum Gasteiger partial charge on any atom is -0.463 e. The van der Waals surface area contributed by atoms with E-state index in [0.29, 0.717) is 48.2 Å². The second-order valence-corrected chi connectivity index (χ2v) is 20.5. The molecule has 4 aliphatic heterocycles. The minimum absolute atomic E-state index is 0.0224.